The monoisotopic (exact) mass is 300 g/mol. The molecule has 0 radical (unpaired) electrons. The largest absolute Gasteiger partial charge is 0.456 e. The minimum atomic E-state index is -0.0432. The lowest BCUT2D eigenvalue weighted by molar-refractivity contribution is -0.110. The third kappa shape index (κ3) is 2.51. The summed E-state index contributed by atoms with van der Waals surface area (Å²) < 4.78 is 5.91. The van der Waals surface area contributed by atoms with Crippen LogP contribution in [0.3, 0.4) is 0 Å². The van der Waals surface area contributed by atoms with Gasteiger partial charge in [0.15, 0.2) is 5.78 Å². The highest BCUT2D eigenvalue weighted by Gasteiger charge is 2.05. The van der Waals surface area contributed by atoms with Crippen LogP contribution in [0, 0.1) is 0 Å². The van der Waals surface area contributed by atoms with Gasteiger partial charge in [-0.2, -0.15) is 5.10 Å². The first kappa shape index (κ1) is 13.4. The van der Waals surface area contributed by atoms with E-state index in [1.165, 1.54) is 12.2 Å². The highest BCUT2D eigenvalue weighted by atomic mass is 16.3. The number of nitrogens with zero attached hydrogens (tertiary/aromatic N) is 2. The van der Waals surface area contributed by atoms with Gasteiger partial charge in [-0.25, -0.2) is 0 Å². The number of rotatable bonds is 1. The van der Waals surface area contributed by atoms with Crippen molar-refractivity contribution in [3.63, 3.8) is 0 Å². The summed E-state index contributed by atoms with van der Waals surface area (Å²) in [6.07, 6.45) is 6.27. The zero-order valence-corrected chi connectivity index (χ0v) is 12.1. The summed E-state index contributed by atoms with van der Waals surface area (Å²) >= 11 is 0. The first-order valence-corrected chi connectivity index (χ1v) is 7.24. The third-order valence-electron chi connectivity index (χ3n) is 3.61. The molecule has 23 heavy (non-hydrogen) atoms. The van der Waals surface area contributed by atoms with Crippen LogP contribution in [-0.4, -0.2) is 11.5 Å². The van der Waals surface area contributed by atoms with Crippen molar-refractivity contribution in [3.8, 4) is 0 Å². The lowest BCUT2D eigenvalue weighted by Crippen LogP contribution is -2.05. The Balaban J connectivity index is 2.02. The zero-order valence-electron chi connectivity index (χ0n) is 12.1. The molecular weight excluding hydrogens is 288 g/mol. The Morgan fingerprint density at radius 2 is 1.26 bits per heavy atom. The highest BCUT2D eigenvalue weighted by molar-refractivity contribution is 6.16. The minimum absolute atomic E-state index is 0.0432. The maximum atomic E-state index is 11.2. The minimum Gasteiger partial charge on any atom is -0.456 e. The molecule has 0 saturated carbocycles. The zero-order chi connectivity index (χ0) is 15.6. The molecule has 0 bridgehead atoms. The molecule has 0 fully saturated rings. The summed E-state index contributed by atoms with van der Waals surface area (Å²) in [4.78, 5) is 11.2. The average Bonchev–Trinajstić information content (AvgIpc) is 2.60. The van der Waals surface area contributed by atoms with E-state index in [0.717, 1.165) is 27.3 Å². The van der Waals surface area contributed by atoms with Gasteiger partial charge in [-0.3, -0.25) is 4.79 Å². The topological polar surface area (TPSA) is 54.9 Å². The summed E-state index contributed by atoms with van der Waals surface area (Å²) in [7, 11) is 0. The van der Waals surface area contributed by atoms with E-state index >= 15 is 0 Å². The van der Waals surface area contributed by atoms with Crippen LogP contribution in [0.2, 0.25) is 0 Å². The smallest absolute Gasteiger partial charge is 0.178 e. The summed E-state index contributed by atoms with van der Waals surface area (Å²) in [5.74, 6) is -0.0432. The predicted octanol–water partition coefficient (Wildman–Crippen LogP) is 3.54. The molecule has 0 amide bonds. The van der Waals surface area contributed by atoms with Crippen molar-refractivity contribution in [1.29, 1.82) is 0 Å². The molecule has 0 atom stereocenters. The van der Waals surface area contributed by atoms with Gasteiger partial charge < -0.3 is 4.42 Å². The Kier molecular flexibility index (Phi) is 3.20. The Bertz CT molecular complexity index is 1010. The van der Waals surface area contributed by atoms with Gasteiger partial charge in [0.1, 0.15) is 16.5 Å². The van der Waals surface area contributed by atoms with E-state index in [1.54, 1.807) is 12.2 Å². The van der Waals surface area contributed by atoms with E-state index in [-0.39, 0.29) is 5.78 Å². The number of fused-ring (bicyclic) bond motifs is 2. The van der Waals surface area contributed by atoms with Gasteiger partial charge in [-0.1, -0.05) is 24.3 Å². The highest BCUT2D eigenvalue weighted by Crippen LogP contribution is 2.18. The summed E-state index contributed by atoms with van der Waals surface area (Å²) in [5, 5.41) is 11.2. The first-order chi connectivity index (χ1) is 11.3. The lowest BCUT2D eigenvalue weighted by atomic mass is 10.1. The second-order valence-corrected chi connectivity index (χ2v) is 5.14. The molecule has 0 N–H and O–H groups in total. The number of para-hydroxylation sites is 2. The molecule has 4 heteroatoms. The number of hydrogen-bond donors (Lipinski definition) is 0. The van der Waals surface area contributed by atoms with E-state index in [1.807, 2.05) is 48.5 Å². The SMILES string of the molecule is O=C1C=CC(=NN=c2c3ccccc3oc3ccccc23)C=C1. The number of carbonyl (C=O) groups excluding carboxylic acids is 1. The molecule has 0 aliphatic heterocycles. The van der Waals surface area contributed by atoms with E-state index in [9.17, 15) is 4.79 Å². The first-order valence-electron chi connectivity index (χ1n) is 7.24. The Labute approximate surface area is 131 Å². The van der Waals surface area contributed by atoms with Crippen LogP contribution in [0.1, 0.15) is 0 Å². The van der Waals surface area contributed by atoms with Gasteiger partial charge >= 0.3 is 0 Å². The fourth-order valence-electron chi connectivity index (χ4n) is 2.49. The van der Waals surface area contributed by atoms with E-state index in [4.69, 9.17) is 4.42 Å². The quantitative estimate of drug-likeness (QED) is 0.392. The summed E-state index contributed by atoms with van der Waals surface area (Å²) in [6.45, 7) is 0. The van der Waals surface area contributed by atoms with E-state index in [2.05, 4.69) is 10.2 Å². The summed E-state index contributed by atoms with van der Waals surface area (Å²) in [5.41, 5.74) is 2.16. The number of allylic oxidation sites excluding steroid dienone is 4. The Morgan fingerprint density at radius 3 is 1.87 bits per heavy atom. The number of hydrogen-bond acceptors (Lipinski definition) is 4. The van der Waals surface area contributed by atoms with Gasteiger partial charge in [0, 0.05) is 10.8 Å². The molecule has 1 aromatic heterocycles. The maximum absolute atomic E-state index is 11.2. The van der Waals surface area contributed by atoms with Gasteiger partial charge in [-0.15, -0.1) is 5.10 Å². The van der Waals surface area contributed by atoms with Crippen molar-refractivity contribution in [3.05, 3.63) is 78.2 Å². The summed E-state index contributed by atoms with van der Waals surface area (Å²) in [6, 6.07) is 15.5. The predicted molar refractivity (Wildman–Crippen MR) is 90.0 cm³/mol. The van der Waals surface area contributed by atoms with Crippen LogP contribution >= 0.6 is 0 Å². The van der Waals surface area contributed by atoms with Crippen LogP contribution in [0.25, 0.3) is 21.9 Å². The standard InChI is InChI=1S/C19H12N2O2/c22-14-11-9-13(10-12-14)20-21-19-15-5-1-3-7-17(15)23-18-8-4-2-6-16(18)19/h1-12H. The average molecular weight is 300 g/mol. The Hall–Kier alpha value is -3.27. The van der Waals surface area contributed by atoms with E-state index in [0.29, 0.717) is 5.71 Å². The molecule has 0 unspecified atom stereocenters. The number of carbonyl (C=O) groups is 1. The molecule has 4 rings (SSSR count). The fraction of sp³-hybridized carbons (Fsp3) is 0. The van der Waals surface area contributed by atoms with Crippen LogP contribution in [0.15, 0.2) is 87.5 Å². The number of ketones is 1. The van der Waals surface area contributed by atoms with Crippen molar-refractivity contribution < 1.29 is 9.21 Å². The third-order valence-corrected chi connectivity index (χ3v) is 3.61. The molecular formula is C19H12N2O2. The maximum Gasteiger partial charge on any atom is 0.178 e. The van der Waals surface area contributed by atoms with Crippen LogP contribution in [-0.2, 0) is 4.79 Å². The van der Waals surface area contributed by atoms with Crippen molar-refractivity contribution in [2.75, 3.05) is 0 Å². The van der Waals surface area contributed by atoms with Gasteiger partial charge in [0.25, 0.3) is 0 Å². The van der Waals surface area contributed by atoms with Crippen molar-refractivity contribution >= 4 is 33.4 Å². The molecule has 4 nitrogen and oxygen atoms in total. The Morgan fingerprint density at radius 1 is 0.696 bits per heavy atom. The molecule has 2 aromatic carbocycles. The lowest BCUT2D eigenvalue weighted by Gasteiger charge is -2.02. The van der Waals surface area contributed by atoms with Crippen molar-refractivity contribution in [1.82, 2.24) is 0 Å². The van der Waals surface area contributed by atoms with Gasteiger partial charge in [-0.05, 0) is 48.6 Å². The molecule has 1 aliphatic rings. The van der Waals surface area contributed by atoms with Crippen LogP contribution < -0.4 is 5.36 Å². The molecule has 0 saturated heterocycles. The molecule has 3 aromatic rings. The second kappa shape index (κ2) is 5.50. The van der Waals surface area contributed by atoms with Gasteiger partial charge in [0.05, 0.1) is 5.71 Å². The molecule has 110 valence electrons. The molecule has 0 spiro atoms. The second-order valence-electron chi connectivity index (χ2n) is 5.14. The van der Waals surface area contributed by atoms with Crippen LogP contribution in [0.5, 0.6) is 0 Å². The number of benzene rings is 2. The fourth-order valence-corrected chi connectivity index (χ4v) is 2.49. The molecule has 1 aliphatic carbocycles. The van der Waals surface area contributed by atoms with E-state index < -0.39 is 0 Å². The van der Waals surface area contributed by atoms with Crippen LogP contribution in [0.4, 0.5) is 0 Å². The normalized spacial score (nSPS) is 13.7. The molecule has 1 heterocycles. The van der Waals surface area contributed by atoms with Gasteiger partial charge in [0.2, 0.25) is 0 Å². The van der Waals surface area contributed by atoms with Crippen molar-refractivity contribution in [2.24, 2.45) is 10.2 Å². The van der Waals surface area contributed by atoms with Crippen molar-refractivity contribution in [2.45, 2.75) is 0 Å².